The van der Waals surface area contributed by atoms with Gasteiger partial charge in [-0.15, -0.1) is 0 Å². The van der Waals surface area contributed by atoms with Gasteiger partial charge in [-0.2, -0.15) is 13.2 Å². The molecular weight excluding hydrogens is 485 g/mol. The van der Waals surface area contributed by atoms with E-state index < -0.39 is 46.0 Å². The van der Waals surface area contributed by atoms with E-state index in [0.717, 1.165) is 30.5 Å². The van der Waals surface area contributed by atoms with E-state index in [4.69, 9.17) is 0 Å². The number of aliphatic hydroxyl groups excluding tert-OH is 1. The Labute approximate surface area is 201 Å². The minimum Gasteiger partial charge on any atom is -0.392 e. The molecule has 1 aromatic carbocycles. The molecule has 3 heterocycles. The number of aliphatic hydroxyl groups is 1. The van der Waals surface area contributed by atoms with Crippen LogP contribution in [0.15, 0.2) is 39.4 Å². The van der Waals surface area contributed by atoms with E-state index in [9.17, 15) is 31.5 Å². The van der Waals surface area contributed by atoms with Crippen LogP contribution >= 0.6 is 0 Å². The van der Waals surface area contributed by atoms with Crippen molar-refractivity contribution in [2.45, 2.75) is 57.3 Å². The van der Waals surface area contributed by atoms with Crippen molar-refractivity contribution in [1.82, 2.24) is 14.8 Å². The molecule has 2 N–H and O–H groups in total. The first-order valence-electron chi connectivity index (χ1n) is 11.1. The molecular formula is C23H27F3N4O4S. The molecule has 2 aliphatic rings. The highest BCUT2D eigenvalue weighted by molar-refractivity contribution is 7.90. The van der Waals surface area contributed by atoms with Gasteiger partial charge in [0.25, 0.3) is 0 Å². The summed E-state index contributed by atoms with van der Waals surface area (Å²) in [6, 6.07) is 4.72. The molecule has 0 bridgehead atoms. The Balaban J connectivity index is 1.79. The molecule has 0 fully saturated rings. The molecule has 1 aromatic heterocycles. The Kier molecular flexibility index (Phi) is 6.35. The summed E-state index contributed by atoms with van der Waals surface area (Å²) in [5.74, 6) is -0.762. The van der Waals surface area contributed by atoms with E-state index in [-0.39, 0.29) is 22.4 Å². The second-order valence-corrected chi connectivity index (χ2v) is 11.2. The lowest BCUT2D eigenvalue weighted by Crippen LogP contribution is -2.54. The van der Waals surface area contributed by atoms with Crippen LogP contribution in [0.5, 0.6) is 0 Å². The summed E-state index contributed by atoms with van der Waals surface area (Å²) in [5.41, 5.74) is 0.159. The van der Waals surface area contributed by atoms with Gasteiger partial charge in [0, 0.05) is 42.2 Å². The molecule has 2 aliphatic heterocycles. The second-order valence-electron chi connectivity index (χ2n) is 9.24. The molecule has 0 amide bonds. The number of ketones is 1. The SMILES string of the molecule is CC(=O)C1=C(C(F)(F)F)NC(N2CCn3c(cc4cc(CO)c(S(C)(=O)=O)cc43)C2C(C)C)N=C1. The summed E-state index contributed by atoms with van der Waals surface area (Å²) in [4.78, 5) is 17.9. The van der Waals surface area contributed by atoms with E-state index in [0.29, 0.717) is 18.6 Å². The first-order chi connectivity index (χ1) is 16.2. The van der Waals surface area contributed by atoms with Crippen molar-refractivity contribution >= 4 is 32.7 Å². The van der Waals surface area contributed by atoms with Gasteiger partial charge in [0.15, 0.2) is 21.9 Å². The highest BCUT2D eigenvalue weighted by atomic mass is 32.2. The molecule has 8 nitrogen and oxygen atoms in total. The number of aromatic nitrogens is 1. The van der Waals surface area contributed by atoms with Crippen molar-refractivity contribution in [2.75, 3.05) is 12.8 Å². The average Bonchev–Trinajstić information content (AvgIpc) is 3.13. The number of hydrogen-bond donors (Lipinski definition) is 2. The summed E-state index contributed by atoms with van der Waals surface area (Å²) in [6.07, 6.45) is -3.71. The van der Waals surface area contributed by atoms with E-state index in [1.807, 2.05) is 29.4 Å². The minimum absolute atomic E-state index is 0.0328. The standard InChI is InChI=1S/C23H27F3N4O4S/c1-12(2)20-18-8-14-7-15(11-31)19(35(4,33)34)9-17(14)29(18)5-6-30(20)22-27-10-16(13(3)32)21(28-22)23(24,25)26/h7-10,12,20,22,28,31H,5-6,11H2,1-4H3. The number of carbonyl (C=O) groups is 1. The number of sulfone groups is 1. The average molecular weight is 513 g/mol. The predicted octanol–water partition coefficient (Wildman–Crippen LogP) is 2.91. The van der Waals surface area contributed by atoms with Gasteiger partial charge < -0.3 is 15.0 Å². The zero-order valence-corrected chi connectivity index (χ0v) is 20.5. The number of allylic oxidation sites excluding steroid dienone is 2. The van der Waals surface area contributed by atoms with Crippen molar-refractivity contribution in [1.29, 1.82) is 0 Å². The minimum atomic E-state index is -4.74. The van der Waals surface area contributed by atoms with Gasteiger partial charge in [-0.3, -0.25) is 14.7 Å². The van der Waals surface area contributed by atoms with Gasteiger partial charge in [0.05, 0.1) is 23.1 Å². The molecule has 35 heavy (non-hydrogen) atoms. The molecule has 190 valence electrons. The Morgan fingerprint density at radius 1 is 1.26 bits per heavy atom. The zero-order chi connectivity index (χ0) is 25.9. The number of carbonyl (C=O) groups excluding carboxylic acids is 1. The third kappa shape index (κ3) is 4.50. The third-order valence-corrected chi connectivity index (χ3v) is 7.60. The summed E-state index contributed by atoms with van der Waals surface area (Å²) in [5, 5.41) is 12.9. The highest BCUT2D eigenvalue weighted by Crippen LogP contribution is 2.39. The van der Waals surface area contributed by atoms with Gasteiger partial charge in [0.1, 0.15) is 5.70 Å². The molecule has 12 heteroatoms. The molecule has 0 saturated carbocycles. The first-order valence-corrected chi connectivity index (χ1v) is 13.0. The summed E-state index contributed by atoms with van der Waals surface area (Å²) in [6.45, 7) is 5.24. The topological polar surface area (TPSA) is 104 Å². The fraction of sp³-hybridized carbons (Fsp3) is 0.478. The number of nitrogens with one attached hydrogen (secondary N) is 1. The lowest BCUT2D eigenvalue weighted by molar-refractivity contribution is -0.116. The number of benzene rings is 1. The Hall–Kier alpha value is -2.70. The van der Waals surface area contributed by atoms with Crippen LogP contribution in [0.2, 0.25) is 0 Å². The number of halogens is 3. The maximum absolute atomic E-state index is 13.7. The lowest BCUT2D eigenvalue weighted by Gasteiger charge is -2.43. The molecule has 0 radical (unpaired) electrons. The molecule has 0 aliphatic carbocycles. The lowest BCUT2D eigenvalue weighted by atomic mass is 9.96. The quantitative estimate of drug-likeness (QED) is 0.639. The Morgan fingerprint density at radius 3 is 2.49 bits per heavy atom. The summed E-state index contributed by atoms with van der Waals surface area (Å²) < 4.78 is 67.7. The van der Waals surface area contributed by atoms with Crippen molar-refractivity contribution < 1.29 is 31.5 Å². The smallest absolute Gasteiger partial charge is 0.392 e. The van der Waals surface area contributed by atoms with Crippen LogP contribution < -0.4 is 5.32 Å². The van der Waals surface area contributed by atoms with E-state index in [1.165, 1.54) is 0 Å². The van der Waals surface area contributed by atoms with Crippen LogP contribution in [-0.2, 0) is 27.8 Å². The number of nitrogens with zero attached hydrogens (tertiary/aromatic N) is 3. The number of aliphatic imine (C=N–C) groups is 1. The normalized spacial score (nSPS) is 21.5. The number of rotatable bonds is 5. The molecule has 2 atom stereocenters. The number of alkyl halides is 3. The maximum Gasteiger partial charge on any atom is 0.431 e. The third-order valence-electron chi connectivity index (χ3n) is 6.42. The van der Waals surface area contributed by atoms with E-state index in [2.05, 4.69) is 10.3 Å². The van der Waals surface area contributed by atoms with E-state index in [1.54, 1.807) is 12.1 Å². The Bertz CT molecular complexity index is 1360. The largest absolute Gasteiger partial charge is 0.431 e. The first kappa shape index (κ1) is 25.4. The number of hydrogen-bond acceptors (Lipinski definition) is 7. The predicted molar refractivity (Wildman–Crippen MR) is 124 cm³/mol. The van der Waals surface area contributed by atoms with Crippen LogP contribution in [0.4, 0.5) is 13.2 Å². The van der Waals surface area contributed by atoms with Crippen LogP contribution in [0, 0.1) is 5.92 Å². The molecule has 0 spiro atoms. The molecule has 4 rings (SSSR count). The van der Waals surface area contributed by atoms with Gasteiger partial charge in [-0.25, -0.2) is 8.42 Å². The maximum atomic E-state index is 13.7. The molecule has 2 aromatic rings. The van der Waals surface area contributed by atoms with Crippen LogP contribution in [0.25, 0.3) is 10.9 Å². The highest BCUT2D eigenvalue weighted by Gasteiger charge is 2.43. The zero-order valence-electron chi connectivity index (χ0n) is 19.7. The summed E-state index contributed by atoms with van der Waals surface area (Å²) in [7, 11) is -3.58. The van der Waals surface area contributed by atoms with Crippen molar-refractivity contribution in [3.8, 4) is 0 Å². The number of Topliss-reactive ketones (excluding diaryl/α,β-unsaturated/α-hetero) is 1. The Morgan fingerprint density at radius 2 is 1.94 bits per heavy atom. The van der Waals surface area contributed by atoms with Gasteiger partial charge in [-0.05, 0) is 36.6 Å². The van der Waals surface area contributed by atoms with Crippen LogP contribution in [0.3, 0.4) is 0 Å². The summed E-state index contributed by atoms with van der Waals surface area (Å²) >= 11 is 0. The fourth-order valence-corrected chi connectivity index (χ4v) is 5.89. The van der Waals surface area contributed by atoms with Crippen molar-refractivity contribution in [3.05, 3.63) is 40.7 Å². The van der Waals surface area contributed by atoms with E-state index >= 15 is 0 Å². The van der Waals surface area contributed by atoms with Crippen molar-refractivity contribution in [2.24, 2.45) is 10.9 Å². The monoisotopic (exact) mass is 512 g/mol. The molecule has 0 saturated heterocycles. The molecule has 2 unspecified atom stereocenters. The van der Waals surface area contributed by atoms with Gasteiger partial charge in [0.2, 0.25) is 0 Å². The van der Waals surface area contributed by atoms with Crippen LogP contribution in [-0.4, -0.2) is 60.3 Å². The van der Waals surface area contributed by atoms with Gasteiger partial charge >= 0.3 is 6.18 Å². The fourth-order valence-electron chi connectivity index (χ4n) is 4.97. The number of fused-ring (bicyclic) bond motifs is 3. The van der Waals surface area contributed by atoms with Crippen LogP contribution in [0.1, 0.15) is 38.1 Å². The van der Waals surface area contributed by atoms with Gasteiger partial charge in [-0.1, -0.05) is 13.8 Å². The van der Waals surface area contributed by atoms with Crippen molar-refractivity contribution in [3.63, 3.8) is 0 Å². The second kappa shape index (κ2) is 8.75.